The Hall–Kier alpha value is -1.11. The summed E-state index contributed by atoms with van der Waals surface area (Å²) in [6, 6.07) is 3.47. The van der Waals surface area contributed by atoms with Crippen molar-refractivity contribution in [2.75, 3.05) is 13.9 Å². The molecule has 0 saturated carbocycles. The van der Waals surface area contributed by atoms with Crippen LogP contribution in [0.15, 0.2) is 18.2 Å². The molecule has 0 aliphatic carbocycles. The second kappa shape index (κ2) is 4.95. The fraction of sp³-hybridized carbons (Fsp3) is 0.250. The second-order valence-electron chi connectivity index (χ2n) is 2.61. The lowest BCUT2D eigenvalue weighted by Crippen LogP contribution is -2.32. The molecule has 0 aliphatic heterocycles. The van der Waals surface area contributed by atoms with Crippen LogP contribution >= 0.6 is 0 Å². The van der Waals surface area contributed by atoms with Gasteiger partial charge < -0.3 is 19.5 Å². The molecule has 0 unspecified atom stereocenters. The van der Waals surface area contributed by atoms with Crippen LogP contribution in [0.3, 0.4) is 0 Å². The van der Waals surface area contributed by atoms with Gasteiger partial charge in [-0.3, -0.25) is 0 Å². The first kappa shape index (κ1) is 11.0. The highest BCUT2D eigenvalue weighted by Gasteiger charge is 2.17. The molecule has 0 aliphatic rings. The third-order valence-electron chi connectivity index (χ3n) is 1.58. The maximum atomic E-state index is 12.7. The molecular formula is C8H10BFO4. The van der Waals surface area contributed by atoms with E-state index in [4.69, 9.17) is 14.8 Å². The van der Waals surface area contributed by atoms with Crippen molar-refractivity contribution < 1.29 is 23.9 Å². The van der Waals surface area contributed by atoms with Gasteiger partial charge in [-0.2, -0.15) is 0 Å². The van der Waals surface area contributed by atoms with Crippen molar-refractivity contribution in [3.63, 3.8) is 0 Å². The van der Waals surface area contributed by atoms with Crippen LogP contribution in [0.25, 0.3) is 0 Å². The summed E-state index contributed by atoms with van der Waals surface area (Å²) in [7, 11) is -0.337. The van der Waals surface area contributed by atoms with Crippen LogP contribution in [0, 0.1) is 5.82 Å². The van der Waals surface area contributed by atoms with E-state index >= 15 is 0 Å². The minimum absolute atomic E-state index is 0.0259. The molecule has 2 N–H and O–H groups in total. The van der Waals surface area contributed by atoms with Gasteiger partial charge >= 0.3 is 7.12 Å². The summed E-state index contributed by atoms with van der Waals surface area (Å²) in [5.74, 6) is -0.374. The summed E-state index contributed by atoms with van der Waals surface area (Å²) in [5.41, 5.74) is -0.0259. The van der Waals surface area contributed by atoms with E-state index in [2.05, 4.69) is 4.74 Å². The molecule has 0 radical (unpaired) electrons. The predicted molar refractivity (Wildman–Crippen MR) is 48.7 cm³/mol. The van der Waals surface area contributed by atoms with Gasteiger partial charge in [-0.25, -0.2) is 4.39 Å². The van der Waals surface area contributed by atoms with Gasteiger partial charge in [0.2, 0.25) is 0 Å². The molecule has 0 heterocycles. The van der Waals surface area contributed by atoms with Gasteiger partial charge in [0.25, 0.3) is 0 Å². The summed E-state index contributed by atoms with van der Waals surface area (Å²) >= 11 is 0. The summed E-state index contributed by atoms with van der Waals surface area (Å²) in [5, 5.41) is 17.8. The molecule has 14 heavy (non-hydrogen) atoms. The maximum Gasteiger partial charge on any atom is 0.492 e. The van der Waals surface area contributed by atoms with E-state index in [0.29, 0.717) is 0 Å². The van der Waals surface area contributed by atoms with Crippen LogP contribution in [0.5, 0.6) is 5.75 Å². The second-order valence-corrected chi connectivity index (χ2v) is 2.61. The van der Waals surface area contributed by atoms with E-state index in [1.807, 2.05) is 0 Å². The first-order valence-electron chi connectivity index (χ1n) is 3.92. The molecule has 0 saturated heterocycles. The lowest BCUT2D eigenvalue weighted by molar-refractivity contribution is 0.0516. The van der Waals surface area contributed by atoms with Crippen molar-refractivity contribution in [2.24, 2.45) is 0 Å². The van der Waals surface area contributed by atoms with Crippen LogP contribution < -0.4 is 10.2 Å². The zero-order chi connectivity index (χ0) is 10.6. The highest BCUT2D eigenvalue weighted by atomic mass is 19.1. The molecule has 1 aromatic carbocycles. The number of rotatable bonds is 4. The summed E-state index contributed by atoms with van der Waals surface area (Å²) in [6.45, 7) is -0.0364. The Balaban J connectivity index is 2.90. The molecule has 0 amide bonds. The van der Waals surface area contributed by atoms with Crippen LogP contribution in [0.1, 0.15) is 0 Å². The van der Waals surface area contributed by atoms with Crippen molar-refractivity contribution in [1.29, 1.82) is 0 Å². The van der Waals surface area contributed by atoms with Gasteiger partial charge in [0.05, 0.1) is 0 Å². The lowest BCUT2D eigenvalue weighted by Gasteiger charge is -2.09. The Labute approximate surface area is 81.0 Å². The van der Waals surface area contributed by atoms with Crippen LogP contribution in [0.4, 0.5) is 4.39 Å². The Morgan fingerprint density at radius 3 is 2.71 bits per heavy atom. The number of hydrogen-bond acceptors (Lipinski definition) is 4. The highest BCUT2D eigenvalue weighted by Crippen LogP contribution is 2.09. The zero-order valence-electron chi connectivity index (χ0n) is 7.61. The molecule has 0 fully saturated rings. The number of halogens is 1. The van der Waals surface area contributed by atoms with Gasteiger partial charge in [-0.15, -0.1) is 0 Å². The van der Waals surface area contributed by atoms with E-state index in [-0.39, 0.29) is 18.0 Å². The van der Waals surface area contributed by atoms with Crippen molar-refractivity contribution in [2.45, 2.75) is 0 Å². The Bertz CT molecular complexity index is 305. The van der Waals surface area contributed by atoms with Crippen molar-refractivity contribution >= 4 is 12.6 Å². The van der Waals surface area contributed by atoms with E-state index < -0.39 is 12.9 Å². The molecule has 0 aromatic heterocycles. The standard InChI is InChI=1S/C8H10BFO4/c1-13-5-14-8-3-2-6(10)4-7(8)9(11)12/h2-4,11-12H,5H2,1H3. The van der Waals surface area contributed by atoms with Gasteiger partial charge in [0.15, 0.2) is 6.79 Å². The predicted octanol–water partition coefficient (Wildman–Crippen LogP) is -0.512. The Morgan fingerprint density at radius 1 is 1.43 bits per heavy atom. The van der Waals surface area contributed by atoms with Crippen LogP contribution in [-0.4, -0.2) is 31.1 Å². The topological polar surface area (TPSA) is 58.9 Å². The third-order valence-corrected chi connectivity index (χ3v) is 1.58. The van der Waals surface area contributed by atoms with E-state index in [1.54, 1.807) is 0 Å². The average Bonchev–Trinajstić information content (AvgIpc) is 2.15. The monoisotopic (exact) mass is 200 g/mol. The van der Waals surface area contributed by atoms with E-state index in [9.17, 15) is 4.39 Å². The molecular weight excluding hydrogens is 190 g/mol. The molecule has 0 atom stereocenters. The van der Waals surface area contributed by atoms with E-state index in [0.717, 1.165) is 12.1 Å². The van der Waals surface area contributed by atoms with Gasteiger partial charge in [0, 0.05) is 12.6 Å². The number of methoxy groups -OCH3 is 1. The molecule has 76 valence electrons. The van der Waals surface area contributed by atoms with Gasteiger partial charge in [-0.1, -0.05) is 0 Å². The Morgan fingerprint density at radius 2 is 2.14 bits per heavy atom. The highest BCUT2D eigenvalue weighted by molar-refractivity contribution is 6.59. The van der Waals surface area contributed by atoms with Crippen molar-refractivity contribution in [3.05, 3.63) is 24.0 Å². The quantitative estimate of drug-likeness (QED) is 0.507. The smallest absolute Gasteiger partial charge is 0.468 e. The first-order chi connectivity index (χ1) is 6.65. The maximum absolute atomic E-state index is 12.7. The fourth-order valence-electron chi connectivity index (χ4n) is 0.975. The van der Waals surface area contributed by atoms with Crippen LogP contribution in [0.2, 0.25) is 0 Å². The number of ether oxygens (including phenoxy) is 2. The van der Waals surface area contributed by atoms with Gasteiger partial charge in [-0.05, 0) is 18.2 Å². The van der Waals surface area contributed by atoms with Crippen molar-refractivity contribution in [1.82, 2.24) is 0 Å². The zero-order valence-corrected chi connectivity index (χ0v) is 7.61. The fourth-order valence-corrected chi connectivity index (χ4v) is 0.975. The summed E-state index contributed by atoms with van der Waals surface area (Å²) < 4.78 is 22.3. The lowest BCUT2D eigenvalue weighted by atomic mass is 9.79. The normalized spacial score (nSPS) is 10.0. The SMILES string of the molecule is COCOc1ccc(F)cc1B(O)O. The molecule has 0 bridgehead atoms. The van der Waals surface area contributed by atoms with Crippen molar-refractivity contribution in [3.8, 4) is 5.75 Å². The number of hydrogen-bond donors (Lipinski definition) is 2. The minimum atomic E-state index is -1.77. The Kier molecular flexibility index (Phi) is 3.88. The molecule has 4 nitrogen and oxygen atoms in total. The largest absolute Gasteiger partial charge is 0.492 e. The van der Waals surface area contributed by atoms with E-state index in [1.165, 1.54) is 13.2 Å². The molecule has 0 spiro atoms. The van der Waals surface area contributed by atoms with Gasteiger partial charge in [0.1, 0.15) is 11.6 Å². The molecule has 1 rings (SSSR count). The minimum Gasteiger partial charge on any atom is -0.468 e. The third kappa shape index (κ3) is 2.70. The number of benzene rings is 1. The van der Waals surface area contributed by atoms with Crippen LogP contribution in [-0.2, 0) is 4.74 Å². The summed E-state index contributed by atoms with van der Waals surface area (Å²) in [6.07, 6.45) is 0. The first-order valence-corrected chi connectivity index (χ1v) is 3.92. The molecule has 1 aromatic rings. The summed E-state index contributed by atoms with van der Waals surface area (Å²) in [4.78, 5) is 0. The molecule has 6 heteroatoms. The average molecular weight is 200 g/mol.